The van der Waals surface area contributed by atoms with Crippen LogP contribution in [-0.2, 0) is 20.0 Å². The minimum Gasteiger partial charge on any atom is -0.273 e. The van der Waals surface area contributed by atoms with E-state index in [2.05, 4.69) is 0 Å². The number of rotatable bonds is 5. The van der Waals surface area contributed by atoms with E-state index in [0.717, 1.165) is 28.0 Å². The van der Waals surface area contributed by atoms with Gasteiger partial charge in [0.15, 0.2) is 15.2 Å². The third kappa shape index (κ3) is 2.96. The van der Waals surface area contributed by atoms with Gasteiger partial charge < -0.3 is 0 Å². The van der Waals surface area contributed by atoms with Crippen LogP contribution in [0, 0.1) is 5.92 Å². The molecule has 0 aromatic heterocycles. The molecule has 1 saturated heterocycles. The topological polar surface area (TPSA) is 80.5 Å². The van der Waals surface area contributed by atoms with Crippen LogP contribution in [0.25, 0.3) is 0 Å². The van der Waals surface area contributed by atoms with Gasteiger partial charge in [-0.15, -0.1) is 0 Å². The van der Waals surface area contributed by atoms with E-state index in [-0.39, 0.29) is 0 Å². The fourth-order valence-corrected chi connectivity index (χ4v) is 5.81. The van der Waals surface area contributed by atoms with E-state index in [1.54, 1.807) is 0 Å². The molecule has 1 amide bonds. The molecule has 1 fully saturated rings. The first-order valence-corrected chi connectivity index (χ1v) is 11.3. The van der Waals surface area contributed by atoms with Crippen molar-refractivity contribution in [3.63, 3.8) is 0 Å². The van der Waals surface area contributed by atoms with Gasteiger partial charge in [-0.2, -0.15) is 0 Å². The average Bonchev–Trinajstić information content (AvgIpc) is 2.74. The molecule has 0 saturated carbocycles. The Balaban J connectivity index is 2.11. The number of sulfone groups is 1. The molecule has 1 aliphatic heterocycles. The summed E-state index contributed by atoms with van der Waals surface area (Å²) in [5.74, 6) is 4.61. The molecule has 2 N–H and O–H groups in total. The molecule has 3 aromatic rings. The summed E-state index contributed by atoms with van der Waals surface area (Å²) < 4.78 is 25.3. The molecule has 0 bridgehead atoms. The smallest absolute Gasteiger partial charge is 0.245 e. The summed E-state index contributed by atoms with van der Waals surface area (Å²) in [5, 5.41) is -0.264. The van der Waals surface area contributed by atoms with Crippen LogP contribution in [0.1, 0.15) is 16.7 Å². The summed E-state index contributed by atoms with van der Waals surface area (Å²) in [6, 6.07) is 28.7. The van der Waals surface area contributed by atoms with Crippen molar-refractivity contribution in [1.82, 2.24) is 5.01 Å². The van der Waals surface area contributed by atoms with Gasteiger partial charge in [0.25, 0.3) is 0 Å². The minimum absolute atomic E-state index is 0.392. The van der Waals surface area contributed by atoms with Crippen molar-refractivity contribution in [2.45, 2.75) is 10.8 Å². The number of hydrogen-bond acceptors (Lipinski definition) is 4. The number of carbonyl (C=O) groups excluding carboxylic acids is 1. The highest BCUT2D eigenvalue weighted by Gasteiger charge is 2.63. The van der Waals surface area contributed by atoms with E-state index in [9.17, 15) is 13.2 Å². The largest absolute Gasteiger partial charge is 0.273 e. The van der Waals surface area contributed by atoms with Gasteiger partial charge >= 0.3 is 0 Å². The van der Waals surface area contributed by atoms with E-state index in [0.29, 0.717) is 0 Å². The minimum atomic E-state index is -3.62. The number of nitrogens with two attached hydrogens (primary N) is 1. The van der Waals surface area contributed by atoms with Crippen LogP contribution >= 0.6 is 0 Å². The number of carbonyl (C=O) groups is 1. The summed E-state index contributed by atoms with van der Waals surface area (Å²) in [7, 11) is -3.62. The van der Waals surface area contributed by atoms with Crippen molar-refractivity contribution < 1.29 is 13.2 Å². The maximum absolute atomic E-state index is 13.1. The third-order valence-corrected chi connectivity index (χ3v) is 7.05. The molecule has 6 heteroatoms. The monoisotopic (exact) mass is 406 g/mol. The molecule has 5 nitrogen and oxygen atoms in total. The van der Waals surface area contributed by atoms with Crippen molar-refractivity contribution in [3.05, 3.63) is 108 Å². The van der Waals surface area contributed by atoms with E-state index in [1.807, 2.05) is 91.0 Å². The van der Waals surface area contributed by atoms with Gasteiger partial charge in [-0.1, -0.05) is 91.0 Å². The number of hydrazine groups is 1. The Morgan fingerprint density at radius 3 is 1.41 bits per heavy atom. The van der Waals surface area contributed by atoms with Gasteiger partial charge in [0, 0.05) is 6.26 Å². The number of β-lactam (4-membered cyclic amide) rings is 1. The third-order valence-electron chi connectivity index (χ3n) is 5.67. The van der Waals surface area contributed by atoms with Gasteiger partial charge in [0.05, 0.1) is 11.3 Å². The standard InChI is InChI=1S/C23H22N2O3S/c1-29(27,28)22-20(21(26)25(22)24)23(17-11-5-2-6-12-17,18-13-7-3-8-14-18)19-15-9-4-10-16-19/h2-16,20,22H,24H2,1H3/t20-,22-/m1/s1. The average molecular weight is 407 g/mol. The molecule has 1 heterocycles. The lowest BCUT2D eigenvalue weighted by Crippen LogP contribution is -2.72. The fourth-order valence-electron chi connectivity index (χ4n) is 4.48. The van der Waals surface area contributed by atoms with Gasteiger partial charge in [0.2, 0.25) is 5.91 Å². The van der Waals surface area contributed by atoms with Crippen LogP contribution in [0.3, 0.4) is 0 Å². The summed E-state index contributed by atoms with van der Waals surface area (Å²) >= 11 is 0. The van der Waals surface area contributed by atoms with Gasteiger partial charge in [-0.05, 0) is 16.7 Å². The number of hydrogen-bond donors (Lipinski definition) is 1. The zero-order chi connectivity index (χ0) is 20.6. The van der Waals surface area contributed by atoms with Crippen molar-refractivity contribution in [2.75, 3.05) is 6.26 Å². The van der Waals surface area contributed by atoms with Crippen LogP contribution < -0.4 is 5.84 Å². The summed E-state index contributed by atoms with van der Waals surface area (Å²) in [4.78, 5) is 13.1. The van der Waals surface area contributed by atoms with Crippen molar-refractivity contribution in [2.24, 2.45) is 11.8 Å². The zero-order valence-corrected chi connectivity index (χ0v) is 16.8. The molecular formula is C23H22N2O3S. The van der Waals surface area contributed by atoms with Crippen molar-refractivity contribution in [3.8, 4) is 0 Å². The number of amides is 1. The molecule has 0 radical (unpaired) electrons. The summed E-state index contributed by atoms with van der Waals surface area (Å²) in [6.07, 6.45) is 1.13. The Kier molecular flexibility index (Phi) is 4.76. The molecule has 2 atom stereocenters. The molecule has 29 heavy (non-hydrogen) atoms. The SMILES string of the molecule is CS(=O)(=O)[C@@H]1[C@H](C(c2ccccc2)(c2ccccc2)c2ccccc2)C(=O)N1N. The van der Waals surface area contributed by atoms with Crippen LogP contribution in [0.2, 0.25) is 0 Å². The molecule has 0 aliphatic carbocycles. The molecular weight excluding hydrogens is 384 g/mol. The van der Waals surface area contributed by atoms with Gasteiger partial charge in [0.1, 0.15) is 0 Å². The fraction of sp³-hybridized carbons (Fsp3) is 0.174. The molecule has 4 rings (SSSR count). The maximum atomic E-state index is 13.1. The normalized spacial score (nSPS) is 19.7. The number of benzene rings is 3. The molecule has 148 valence electrons. The first-order valence-electron chi connectivity index (χ1n) is 9.31. The number of nitrogens with zero attached hydrogens (tertiary/aromatic N) is 1. The van der Waals surface area contributed by atoms with Crippen LogP contribution in [0.15, 0.2) is 91.0 Å². The second kappa shape index (κ2) is 7.13. The van der Waals surface area contributed by atoms with E-state index in [4.69, 9.17) is 5.84 Å². The highest BCUT2D eigenvalue weighted by atomic mass is 32.2. The Labute approximate surface area is 170 Å². The first kappa shape index (κ1) is 19.4. The van der Waals surface area contributed by atoms with E-state index in [1.165, 1.54) is 0 Å². The highest BCUT2D eigenvalue weighted by Crippen LogP contribution is 2.51. The maximum Gasteiger partial charge on any atom is 0.245 e. The molecule has 3 aromatic carbocycles. The van der Waals surface area contributed by atoms with Crippen LogP contribution in [-0.4, -0.2) is 31.0 Å². The Morgan fingerprint density at radius 2 is 1.10 bits per heavy atom. The van der Waals surface area contributed by atoms with Crippen LogP contribution in [0.5, 0.6) is 0 Å². The lowest BCUT2D eigenvalue weighted by molar-refractivity contribution is -0.154. The lowest BCUT2D eigenvalue weighted by atomic mass is 9.59. The Hall–Kier alpha value is -2.96. The first-order chi connectivity index (χ1) is 13.9. The Bertz CT molecular complexity index is 1020. The molecule has 1 aliphatic rings. The zero-order valence-electron chi connectivity index (χ0n) is 16.0. The van der Waals surface area contributed by atoms with Gasteiger partial charge in [-0.25, -0.2) is 14.3 Å². The summed E-state index contributed by atoms with van der Waals surface area (Å²) in [5.41, 5.74) is 1.54. The van der Waals surface area contributed by atoms with Gasteiger partial charge in [-0.3, -0.25) is 9.80 Å². The quantitative estimate of drug-likeness (QED) is 0.306. The van der Waals surface area contributed by atoms with Crippen molar-refractivity contribution >= 4 is 15.7 Å². The van der Waals surface area contributed by atoms with E-state index < -0.39 is 32.5 Å². The van der Waals surface area contributed by atoms with E-state index >= 15 is 0 Å². The lowest BCUT2D eigenvalue weighted by Gasteiger charge is -2.53. The molecule has 0 unspecified atom stereocenters. The predicted octanol–water partition coefficient (Wildman–Crippen LogP) is 2.72. The van der Waals surface area contributed by atoms with Crippen LogP contribution in [0.4, 0.5) is 0 Å². The second-order valence-electron chi connectivity index (χ2n) is 7.35. The van der Waals surface area contributed by atoms with Crippen molar-refractivity contribution in [1.29, 1.82) is 0 Å². The summed E-state index contributed by atoms with van der Waals surface area (Å²) in [6.45, 7) is 0. The Morgan fingerprint density at radius 1 is 0.759 bits per heavy atom. The highest BCUT2D eigenvalue weighted by molar-refractivity contribution is 7.91. The second-order valence-corrected chi connectivity index (χ2v) is 9.49. The predicted molar refractivity (Wildman–Crippen MR) is 112 cm³/mol. The molecule has 0 spiro atoms.